The summed E-state index contributed by atoms with van der Waals surface area (Å²) in [5.74, 6) is -0.558. The lowest BCUT2D eigenvalue weighted by Crippen LogP contribution is -2.41. The molecule has 1 heterocycles. The minimum atomic E-state index is -3.55. The lowest BCUT2D eigenvalue weighted by molar-refractivity contribution is 0.0303. The van der Waals surface area contributed by atoms with Crippen molar-refractivity contribution >= 4 is 33.2 Å². The number of rotatable bonds is 7. The van der Waals surface area contributed by atoms with Gasteiger partial charge >= 0.3 is 0 Å². The van der Waals surface area contributed by atoms with E-state index in [4.69, 9.17) is 4.74 Å². The highest BCUT2D eigenvalue weighted by Gasteiger charge is 2.22. The van der Waals surface area contributed by atoms with Crippen LogP contribution in [0.4, 0.5) is 11.4 Å². The Morgan fingerprint density at radius 1 is 0.944 bits per heavy atom. The van der Waals surface area contributed by atoms with E-state index >= 15 is 0 Å². The molecule has 1 N–H and O–H groups in total. The van der Waals surface area contributed by atoms with Crippen molar-refractivity contribution in [2.45, 2.75) is 13.5 Å². The van der Waals surface area contributed by atoms with E-state index in [1.165, 1.54) is 4.31 Å². The van der Waals surface area contributed by atoms with Gasteiger partial charge in [-0.15, -0.1) is 0 Å². The number of nitrogens with zero attached hydrogens (tertiary/aromatic N) is 2. The number of sulfonamides is 1. The summed E-state index contributed by atoms with van der Waals surface area (Å²) in [6.07, 6.45) is 1.16. The van der Waals surface area contributed by atoms with E-state index in [1.807, 2.05) is 31.2 Å². The van der Waals surface area contributed by atoms with E-state index in [-0.39, 0.29) is 12.5 Å². The van der Waals surface area contributed by atoms with Crippen molar-refractivity contribution in [3.8, 4) is 0 Å². The molecule has 3 aromatic carbocycles. The van der Waals surface area contributed by atoms with Crippen LogP contribution in [0.2, 0.25) is 0 Å². The Morgan fingerprint density at radius 2 is 1.58 bits per heavy atom. The molecular formula is C27H29N3O5S. The molecule has 1 aliphatic rings. The fraction of sp³-hybridized carbons (Fsp3) is 0.259. The van der Waals surface area contributed by atoms with Crippen LogP contribution in [-0.2, 0) is 21.3 Å². The Kier molecular flexibility index (Phi) is 7.71. The van der Waals surface area contributed by atoms with Crippen molar-refractivity contribution in [1.82, 2.24) is 4.90 Å². The number of carbonyl (C=O) groups is 2. The normalized spacial score (nSPS) is 13.8. The summed E-state index contributed by atoms with van der Waals surface area (Å²) < 4.78 is 31.6. The number of hydrogen-bond donors (Lipinski definition) is 1. The molecule has 8 nitrogen and oxygen atoms in total. The van der Waals surface area contributed by atoms with Crippen LogP contribution in [0.1, 0.15) is 31.8 Å². The third kappa shape index (κ3) is 6.10. The van der Waals surface area contributed by atoms with Gasteiger partial charge in [-0.25, -0.2) is 8.42 Å². The molecule has 1 aliphatic heterocycles. The SMILES string of the molecule is Cc1ccc(CN(c2ccc(C(=O)Nc3ccccc3C(=O)N3CCOCC3)cc2)S(C)(=O)=O)cc1. The molecule has 36 heavy (non-hydrogen) atoms. The van der Waals surface area contributed by atoms with Gasteiger partial charge in [-0.2, -0.15) is 0 Å². The van der Waals surface area contributed by atoms with E-state index in [0.717, 1.165) is 17.4 Å². The fourth-order valence-corrected chi connectivity index (χ4v) is 4.84. The molecule has 9 heteroatoms. The number of hydrogen-bond acceptors (Lipinski definition) is 5. The molecule has 0 aromatic heterocycles. The van der Waals surface area contributed by atoms with Crippen molar-refractivity contribution in [1.29, 1.82) is 0 Å². The zero-order valence-corrected chi connectivity index (χ0v) is 21.1. The predicted molar refractivity (Wildman–Crippen MR) is 140 cm³/mol. The summed E-state index contributed by atoms with van der Waals surface area (Å²) in [5.41, 5.74) is 3.57. The molecule has 0 saturated carbocycles. The molecule has 1 saturated heterocycles. The summed E-state index contributed by atoms with van der Waals surface area (Å²) in [7, 11) is -3.55. The third-order valence-corrected chi connectivity index (χ3v) is 7.11. The second kappa shape index (κ2) is 10.9. The van der Waals surface area contributed by atoms with E-state index in [9.17, 15) is 18.0 Å². The highest BCUT2D eigenvalue weighted by molar-refractivity contribution is 7.92. The molecule has 1 fully saturated rings. The molecule has 0 atom stereocenters. The molecular weight excluding hydrogens is 478 g/mol. The number of nitrogens with one attached hydrogen (secondary N) is 1. The van der Waals surface area contributed by atoms with Gasteiger partial charge in [0.1, 0.15) is 0 Å². The van der Waals surface area contributed by atoms with Gasteiger partial charge in [-0.05, 0) is 48.9 Å². The van der Waals surface area contributed by atoms with Crippen LogP contribution in [0.25, 0.3) is 0 Å². The van der Waals surface area contributed by atoms with Crippen LogP contribution in [0, 0.1) is 6.92 Å². The van der Waals surface area contributed by atoms with E-state index in [1.54, 1.807) is 53.4 Å². The first-order valence-corrected chi connectivity index (χ1v) is 13.5. The molecule has 0 bridgehead atoms. The molecule has 0 unspecified atom stereocenters. The topological polar surface area (TPSA) is 96.0 Å². The van der Waals surface area contributed by atoms with E-state index in [0.29, 0.717) is 48.8 Å². The number of para-hydroxylation sites is 1. The van der Waals surface area contributed by atoms with Crippen molar-refractivity contribution in [2.24, 2.45) is 0 Å². The molecule has 0 radical (unpaired) electrons. The van der Waals surface area contributed by atoms with Crippen LogP contribution in [0.5, 0.6) is 0 Å². The van der Waals surface area contributed by atoms with Gasteiger partial charge in [0.2, 0.25) is 10.0 Å². The largest absolute Gasteiger partial charge is 0.378 e. The van der Waals surface area contributed by atoms with Crippen molar-refractivity contribution < 1.29 is 22.7 Å². The quantitative estimate of drug-likeness (QED) is 0.526. The van der Waals surface area contributed by atoms with E-state index in [2.05, 4.69) is 5.32 Å². The molecule has 0 spiro atoms. The molecule has 0 aliphatic carbocycles. The maximum atomic E-state index is 13.0. The first-order valence-electron chi connectivity index (χ1n) is 11.6. The Morgan fingerprint density at radius 3 is 2.22 bits per heavy atom. The number of amides is 2. The minimum absolute atomic E-state index is 0.163. The summed E-state index contributed by atoms with van der Waals surface area (Å²) in [4.78, 5) is 27.7. The number of aryl methyl sites for hydroxylation is 1. The average Bonchev–Trinajstić information content (AvgIpc) is 2.88. The standard InChI is InChI=1S/C27H29N3O5S/c1-20-7-9-21(10-8-20)19-30(36(2,33)34)23-13-11-22(12-14-23)26(31)28-25-6-4-3-5-24(25)27(32)29-15-17-35-18-16-29/h3-14H,15-19H2,1-2H3,(H,28,31). The molecule has 4 rings (SSSR count). The first-order chi connectivity index (χ1) is 17.2. The Bertz CT molecular complexity index is 1330. The van der Waals surface area contributed by atoms with Crippen LogP contribution in [0.3, 0.4) is 0 Å². The summed E-state index contributed by atoms with van der Waals surface area (Å²) >= 11 is 0. The summed E-state index contributed by atoms with van der Waals surface area (Å²) in [6.45, 7) is 4.13. The van der Waals surface area contributed by atoms with Crippen molar-refractivity contribution in [3.63, 3.8) is 0 Å². The molecule has 188 valence electrons. The third-order valence-electron chi connectivity index (χ3n) is 5.97. The zero-order valence-electron chi connectivity index (χ0n) is 20.3. The average molecular weight is 508 g/mol. The molecule has 3 aromatic rings. The van der Waals surface area contributed by atoms with Gasteiger partial charge in [0.25, 0.3) is 11.8 Å². The lowest BCUT2D eigenvalue weighted by atomic mass is 10.1. The van der Waals surface area contributed by atoms with Crippen LogP contribution in [-0.4, -0.2) is 57.7 Å². The maximum absolute atomic E-state index is 13.0. The smallest absolute Gasteiger partial charge is 0.256 e. The lowest BCUT2D eigenvalue weighted by Gasteiger charge is -2.27. The number of benzene rings is 3. The maximum Gasteiger partial charge on any atom is 0.256 e. The van der Waals surface area contributed by atoms with Gasteiger partial charge in [-0.1, -0.05) is 42.0 Å². The Labute approximate surface area is 211 Å². The van der Waals surface area contributed by atoms with Crippen LogP contribution >= 0.6 is 0 Å². The van der Waals surface area contributed by atoms with Gasteiger partial charge in [-0.3, -0.25) is 13.9 Å². The molecule has 2 amide bonds. The fourth-order valence-electron chi connectivity index (χ4n) is 3.95. The Hall–Kier alpha value is -3.69. The van der Waals surface area contributed by atoms with Gasteiger partial charge in [0.15, 0.2) is 0 Å². The summed E-state index contributed by atoms with van der Waals surface area (Å²) in [6, 6.07) is 20.9. The van der Waals surface area contributed by atoms with Crippen LogP contribution < -0.4 is 9.62 Å². The highest BCUT2D eigenvalue weighted by atomic mass is 32.2. The van der Waals surface area contributed by atoms with Gasteiger partial charge in [0, 0.05) is 18.7 Å². The number of morpholine rings is 1. The second-order valence-corrected chi connectivity index (χ2v) is 10.6. The van der Waals surface area contributed by atoms with Crippen molar-refractivity contribution in [3.05, 3.63) is 95.1 Å². The van der Waals surface area contributed by atoms with Gasteiger partial charge < -0.3 is 15.0 Å². The predicted octanol–water partition coefficient (Wildman–Crippen LogP) is 3.69. The number of anilines is 2. The summed E-state index contributed by atoms with van der Waals surface area (Å²) in [5, 5.41) is 2.82. The Balaban J connectivity index is 1.51. The van der Waals surface area contributed by atoms with Crippen molar-refractivity contribution in [2.75, 3.05) is 42.2 Å². The van der Waals surface area contributed by atoms with Crippen LogP contribution in [0.15, 0.2) is 72.8 Å². The second-order valence-electron chi connectivity index (χ2n) is 8.71. The minimum Gasteiger partial charge on any atom is -0.378 e. The number of carbonyl (C=O) groups excluding carboxylic acids is 2. The first kappa shape index (κ1) is 25.4. The number of ether oxygens (including phenoxy) is 1. The van der Waals surface area contributed by atoms with E-state index < -0.39 is 15.9 Å². The monoisotopic (exact) mass is 507 g/mol. The zero-order chi connectivity index (χ0) is 25.7. The van der Waals surface area contributed by atoms with Gasteiger partial charge in [0.05, 0.1) is 43.0 Å². The highest BCUT2D eigenvalue weighted by Crippen LogP contribution is 2.23.